The molecule has 0 spiro atoms. The van der Waals surface area contributed by atoms with E-state index in [0.717, 1.165) is 0 Å². The average molecular weight is 292 g/mol. The number of hydrogen-bond donors (Lipinski definition) is 4. The Bertz CT molecular complexity index is 323. The monoisotopic (exact) mass is 292 g/mol. The molecule has 0 saturated carbocycles. The number of rotatable bonds is 11. The van der Waals surface area contributed by atoms with Crippen molar-refractivity contribution in [2.45, 2.75) is 0 Å². The summed E-state index contributed by atoms with van der Waals surface area (Å²) in [7, 11) is 0. The lowest BCUT2D eigenvalue weighted by Crippen LogP contribution is -2.37. The Hall–Kier alpha value is -2.20. The van der Waals surface area contributed by atoms with Crippen LogP contribution in [0, 0.1) is 0 Å². The van der Waals surface area contributed by atoms with E-state index in [1.54, 1.807) is 0 Å². The molecule has 10 nitrogen and oxygen atoms in total. The summed E-state index contributed by atoms with van der Waals surface area (Å²) < 4.78 is 9.07. The van der Waals surface area contributed by atoms with E-state index in [9.17, 15) is 19.2 Å². The highest BCUT2D eigenvalue weighted by atomic mass is 16.5. The van der Waals surface area contributed by atoms with Gasteiger partial charge in [-0.1, -0.05) is 0 Å². The molecule has 4 N–H and O–H groups in total. The van der Waals surface area contributed by atoms with Crippen molar-refractivity contribution in [2.24, 2.45) is 0 Å². The maximum Gasteiger partial charge on any atom is 0.329 e. The third kappa shape index (κ3) is 12.3. The molecule has 0 aromatic carbocycles. The van der Waals surface area contributed by atoms with Gasteiger partial charge < -0.3 is 30.3 Å². The fraction of sp³-hybridized carbons (Fsp3) is 0.600. The fourth-order valence-corrected chi connectivity index (χ4v) is 0.968. The largest absolute Gasteiger partial charge is 0.480 e. The van der Waals surface area contributed by atoms with E-state index in [-0.39, 0.29) is 26.3 Å². The number of ether oxygens (including phenoxy) is 2. The van der Waals surface area contributed by atoms with Gasteiger partial charge in [0.25, 0.3) is 0 Å². The lowest BCUT2D eigenvalue weighted by atomic mass is 10.5. The highest BCUT2D eigenvalue weighted by Crippen LogP contribution is 1.77. The van der Waals surface area contributed by atoms with Crippen LogP contribution in [0.1, 0.15) is 0 Å². The highest BCUT2D eigenvalue weighted by molar-refractivity contribution is 5.79. The first-order valence-electron chi connectivity index (χ1n) is 5.54. The summed E-state index contributed by atoms with van der Waals surface area (Å²) in [6, 6.07) is 0. The van der Waals surface area contributed by atoms with Gasteiger partial charge in [0.15, 0.2) is 0 Å². The zero-order chi connectivity index (χ0) is 15.4. The van der Waals surface area contributed by atoms with Gasteiger partial charge in [0, 0.05) is 13.1 Å². The van der Waals surface area contributed by atoms with Crippen LogP contribution in [0.25, 0.3) is 0 Å². The average Bonchev–Trinajstić information content (AvgIpc) is 2.33. The van der Waals surface area contributed by atoms with E-state index < -0.39 is 37.0 Å². The van der Waals surface area contributed by atoms with Crippen molar-refractivity contribution in [1.29, 1.82) is 0 Å². The van der Waals surface area contributed by atoms with Crippen LogP contribution in [0.4, 0.5) is 0 Å². The van der Waals surface area contributed by atoms with Gasteiger partial charge in [-0.25, -0.2) is 9.59 Å². The first-order valence-corrected chi connectivity index (χ1v) is 5.54. The number of carbonyl (C=O) groups is 4. The number of carbonyl (C=O) groups excluding carboxylic acids is 2. The lowest BCUT2D eigenvalue weighted by molar-refractivity contribution is -0.145. The van der Waals surface area contributed by atoms with Crippen LogP contribution >= 0.6 is 0 Å². The minimum atomic E-state index is -1.17. The van der Waals surface area contributed by atoms with Gasteiger partial charge in [0.2, 0.25) is 11.8 Å². The maximum absolute atomic E-state index is 11.1. The van der Waals surface area contributed by atoms with Gasteiger partial charge in [-0.3, -0.25) is 9.59 Å². The van der Waals surface area contributed by atoms with Crippen LogP contribution < -0.4 is 10.6 Å². The Balaban J connectivity index is 3.46. The second kappa shape index (κ2) is 10.7. The molecule has 0 fully saturated rings. The number of amides is 2. The van der Waals surface area contributed by atoms with Gasteiger partial charge in [-0.15, -0.1) is 0 Å². The third-order valence-electron chi connectivity index (χ3n) is 1.69. The van der Waals surface area contributed by atoms with Gasteiger partial charge in [0.1, 0.15) is 26.4 Å². The van der Waals surface area contributed by atoms with Gasteiger partial charge in [-0.2, -0.15) is 0 Å². The molecule has 0 atom stereocenters. The van der Waals surface area contributed by atoms with Crippen LogP contribution in [-0.2, 0) is 28.7 Å². The number of nitrogens with one attached hydrogen (secondary N) is 2. The molecule has 0 saturated heterocycles. The summed E-state index contributed by atoms with van der Waals surface area (Å²) in [5.41, 5.74) is 0. The second-order valence-electron chi connectivity index (χ2n) is 3.47. The van der Waals surface area contributed by atoms with E-state index in [4.69, 9.17) is 10.2 Å². The van der Waals surface area contributed by atoms with Gasteiger partial charge >= 0.3 is 11.9 Å². The molecule has 114 valence electrons. The predicted molar refractivity (Wildman–Crippen MR) is 62.9 cm³/mol. The van der Waals surface area contributed by atoms with Crippen molar-refractivity contribution in [1.82, 2.24) is 10.6 Å². The summed E-state index contributed by atoms with van der Waals surface area (Å²) in [4.78, 5) is 42.4. The van der Waals surface area contributed by atoms with E-state index in [1.165, 1.54) is 0 Å². The Morgan fingerprint density at radius 1 is 0.700 bits per heavy atom. The molecule has 10 heteroatoms. The van der Waals surface area contributed by atoms with Crippen molar-refractivity contribution in [2.75, 3.05) is 39.5 Å². The quantitative estimate of drug-likeness (QED) is 0.303. The topological polar surface area (TPSA) is 151 Å². The highest BCUT2D eigenvalue weighted by Gasteiger charge is 2.05. The second-order valence-corrected chi connectivity index (χ2v) is 3.47. The van der Waals surface area contributed by atoms with Gasteiger partial charge in [0.05, 0.1) is 0 Å². The van der Waals surface area contributed by atoms with Crippen molar-refractivity contribution in [3.05, 3.63) is 0 Å². The Labute approximate surface area is 114 Å². The van der Waals surface area contributed by atoms with Crippen LogP contribution in [0.2, 0.25) is 0 Å². The standard InChI is InChI=1S/C10H16N2O8/c13-7(3-19-5-9(15)16)11-1-2-12-8(14)4-20-6-10(17)18/h1-6H2,(H,11,13)(H,12,14)(H,15,16)(H,17,18). The maximum atomic E-state index is 11.1. The molecule has 0 aliphatic heterocycles. The van der Waals surface area contributed by atoms with Crippen LogP contribution in [0.3, 0.4) is 0 Å². The van der Waals surface area contributed by atoms with Crippen LogP contribution in [-0.4, -0.2) is 73.5 Å². The zero-order valence-corrected chi connectivity index (χ0v) is 10.6. The summed E-state index contributed by atoms with van der Waals surface area (Å²) in [5.74, 6) is -3.37. The molecule has 0 aliphatic rings. The number of carboxylic acids is 2. The molecule has 0 unspecified atom stereocenters. The van der Waals surface area contributed by atoms with Crippen molar-refractivity contribution in [3.8, 4) is 0 Å². The minimum Gasteiger partial charge on any atom is -0.480 e. The lowest BCUT2D eigenvalue weighted by Gasteiger charge is -2.07. The summed E-state index contributed by atoms with van der Waals surface area (Å²) in [5, 5.41) is 21.3. The number of aliphatic carboxylic acids is 2. The van der Waals surface area contributed by atoms with Crippen LogP contribution in [0.15, 0.2) is 0 Å². The number of carboxylic acid groups (broad SMARTS) is 2. The van der Waals surface area contributed by atoms with E-state index >= 15 is 0 Å². The van der Waals surface area contributed by atoms with Gasteiger partial charge in [-0.05, 0) is 0 Å². The van der Waals surface area contributed by atoms with Crippen molar-refractivity contribution < 1.29 is 38.9 Å². The molecule has 0 aliphatic carbocycles. The fourth-order valence-electron chi connectivity index (χ4n) is 0.968. The summed E-state index contributed by atoms with van der Waals surface area (Å²) in [6.45, 7) is -1.65. The molecule has 0 heterocycles. The Kier molecular flexibility index (Phi) is 9.52. The van der Waals surface area contributed by atoms with E-state index in [0.29, 0.717) is 0 Å². The smallest absolute Gasteiger partial charge is 0.329 e. The molecule has 0 rings (SSSR count). The molecular formula is C10H16N2O8. The van der Waals surface area contributed by atoms with Crippen LogP contribution in [0.5, 0.6) is 0 Å². The SMILES string of the molecule is O=C(O)COCC(=O)NCCNC(=O)COCC(=O)O. The van der Waals surface area contributed by atoms with E-state index in [2.05, 4.69) is 20.1 Å². The number of hydrogen-bond acceptors (Lipinski definition) is 6. The molecule has 20 heavy (non-hydrogen) atoms. The zero-order valence-electron chi connectivity index (χ0n) is 10.6. The summed E-state index contributed by atoms with van der Waals surface area (Å²) >= 11 is 0. The molecule has 0 bridgehead atoms. The molecular weight excluding hydrogens is 276 g/mol. The molecule has 0 aromatic rings. The first kappa shape index (κ1) is 17.8. The third-order valence-corrected chi connectivity index (χ3v) is 1.69. The first-order chi connectivity index (χ1) is 9.41. The van der Waals surface area contributed by atoms with E-state index in [1.807, 2.05) is 0 Å². The molecule has 0 radical (unpaired) electrons. The minimum absolute atomic E-state index is 0.125. The predicted octanol–water partition coefficient (Wildman–Crippen LogP) is -2.58. The van der Waals surface area contributed by atoms with Crippen molar-refractivity contribution in [3.63, 3.8) is 0 Å². The molecule has 0 aromatic heterocycles. The Morgan fingerprint density at radius 3 is 1.35 bits per heavy atom. The van der Waals surface area contributed by atoms with Crippen molar-refractivity contribution >= 4 is 23.8 Å². The summed E-state index contributed by atoms with van der Waals surface area (Å²) in [6.07, 6.45) is 0. The molecule has 2 amide bonds. The normalized spacial score (nSPS) is 9.80. The Morgan fingerprint density at radius 2 is 1.05 bits per heavy atom.